The summed E-state index contributed by atoms with van der Waals surface area (Å²) in [6.07, 6.45) is 0. The summed E-state index contributed by atoms with van der Waals surface area (Å²) in [5.74, 6) is 1.48. The van der Waals surface area contributed by atoms with Crippen molar-refractivity contribution in [3.05, 3.63) is 23.3 Å². The first-order valence-electron chi connectivity index (χ1n) is 4.08. The molecule has 1 aromatic rings. The summed E-state index contributed by atoms with van der Waals surface area (Å²) in [5, 5.41) is 8.63. The molecular weight excluding hydrogens is 170 g/mol. The molecule has 0 saturated carbocycles. The Morgan fingerprint density at radius 3 is 3.08 bits per heavy atom. The molecule has 1 aromatic carbocycles. The Hall–Kier alpha value is -1.26. The monoisotopic (exact) mass is 181 g/mol. The van der Waals surface area contributed by atoms with Gasteiger partial charge in [-0.3, -0.25) is 0 Å². The van der Waals surface area contributed by atoms with Crippen LogP contribution in [0.1, 0.15) is 11.1 Å². The fourth-order valence-corrected chi connectivity index (χ4v) is 1.43. The summed E-state index contributed by atoms with van der Waals surface area (Å²) in [6, 6.07) is 3.82. The van der Waals surface area contributed by atoms with Gasteiger partial charge in [0.2, 0.25) is 6.79 Å². The van der Waals surface area contributed by atoms with Crippen molar-refractivity contribution in [1.82, 2.24) is 5.48 Å². The smallest absolute Gasteiger partial charge is 0.231 e. The molecule has 0 spiro atoms. The molecule has 0 radical (unpaired) electrons. The van der Waals surface area contributed by atoms with Crippen LogP contribution in [-0.2, 0) is 6.54 Å². The molecule has 1 heterocycles. The van der Waals surface area contributed by atoms with Crippen molar-refractivity contribution < 1.29 is 14.7 Å². The second-order valence-corrected chi connectivity index (χ2v) is 2.93. The van der Waals surface area contributed by atoms with E-state index in [-0.39, 0.29) is 6.79 Å². The highest BCUT2D eigenvalue weighted by Gasteiger charge is 2.18. The first kappa shape index (κ1) is 8.34. The van der Waals surface area contributed by atoms with E-state index in [1.807, 2.05) is 19.1 Å². The molecule has 4 nitrogen and oxygen atoms in total. The SMILES string of the molecule is Cc1ccc2c(c1CNO)OCO2. The molecule has 0 fully saturated rings. The second-order valence-electron chi connectivity index (χ2n) is 2.93. The van der Waals surface area contributed by atoms with E-state index < -0.39 is 0 Å². The van der Waals surface area contributed by atoms with E-state index >= 15 is 0 Å². The van der Waals surface area contributed by atoms with Gasteiger partial charge in [0.25, 0.3) is 0 Å². The van der Waals surface area contributed by atoms with Crippen molar-refractivity contribution in [3.8, 4) is 11.5 Å². The van der Waals surface area contributed by atoms with Gasteiger partial charge >= 0.3 is 0 Å². The number of rotatable bonds is 2. The molecule has 4 heteroatoms. The number of hydrogen-bond donors (Lipinski definition) is 2. The van der Waals surface area contributed by atoms with Crippen LogP contribution in [0.2, 0.25) is 0 Å². The molecular formula is C9H11NO3. The predicted octanol–water partition coefficient (Wildman–Crippen LogP) is 1.20. The molecule has 0 aromatic heterocycles. The van der Waals surface area contributed by atoms with Gasteiger partial charge in [0.15, 0.2) is 11.5 Å². The number of hydrogen-bond acceptors (Lipinski definition) is 4. The Labute approximate surface area is 76.0 Å². The first-order valence-corrected chi connectivity index (χ1v) is 4.08. The Balaban J connectivity index is 2.45. The zero-order valence-electron chi connectivity index (χ0n) is 7.33. The van der Waals surface area contributed by atoms with Gasteiger partial charge < -0.3 is 14.7 Å². The lowest BCUT2D eigenvalue weighted by atomic mass is 10.1. The third kappa shape index (κ3) is 1.34. The second kappa shape index (κ2) is 3.24. The average molecular weight is 181 g/mol. The molecule has 0 amide bonds. The van der Waals surface area contributed by atoms with Crippen LogP contribution in [0.4, 0.5) is 0 Å². The van der Waals surface area contributed by atoms with Gasteiger partial charge in [-0.15, -0.1) is 0 Å². The van der Waals surface area contributed by atoms with Gasteiger partial charge in [0, 0.05) is 12.1 Å². The maximum Gasteiger partial charge on any atom is 0.231 e. The number of benzene rings is 1. The largest absolute Gasteiger partial charge is 0.454 e. The quantitative estimate of drug-likeness (QED) is 0.673. The van der Waals surface area contributed by atoms with Crippen LogP contribution >= 0.6 is 0 Å². The van der Waals surface area contributed by atoms with Gasteiger partial charge in [-0.1, -0.05) is 6.07 Å². The minimum Gasteiger partial charge on any atom is -0.454 e. The summed E-state index contributed by atoms with van der Waals surface area (Å²) >= 11 is 0. The van der Waals surface area contributed by atoms with E-state index in [0.717, 1.165) is 22.6 Å². The van der Waals surface area contributed by atoms with Gasteiger partial charge in [-0.25, -0.2) is 5.48 Å². The van der Waals surface area contributed by atoms with E-state index in [0.29, 0.717) is 6.54 Å². The minimum atomic E-state index is 0.261. The number of hydroxylamine groups is 1. The summed E-state index contributed by atoms with van der Waals surface area (Å²) in [4.78, 5) is 0. The fourth-order valence-electron chi connectivity index (χ4n) is 1.43. The first-order chi connectivity index (χ1) is 6.33. The molecule has 13 heavy (non-hydrogen) atoms. The zero-order valence-corrected chi connectivity index (χ0v) is 7.33. The Morgan fingerprint density at radius 1 is 1.46 bits per heavy atom. The molecule has 2 N–H and O–H groups in total. The standard InChI is InChI=1S/C9H11NO3/c1-6-2-3-8-9(13-5-12-8)7(6)4-10-11/h2-3,10-11H,4-5H2,1H3. The summed E-state index contributed by atoms with van der Waals surface area (Å²) < 4.78 is 10.5. The van der Waals surface area contributed by atoms with E-state index in [9.17, 15) is 0 Å². The Morgan fingerprint density at radius 2 is 2.31 bits per heavy atom. The molecule has 0 aliphatic carbocycles. The summed E-state index contributed by atoms with van der Waals surface area (Å²) in [7, 11) is 0. The van der Waals surface area contributed by atoms with E-state index in [1.54, 1.807) is 0 Å². The molecule has 0 bridgehead atoms. The maximum atomic E-state index is 8.63. The van der Waals surface area contributed by atoms with Crippen LogP contribution in [-0.4, -0.2) is 12.0 Å². The van der Waals surface area contributed by atoms with Gasteiger partial charge in [-0.05, 0) is 18.6 Å². The van der Waals surface area contributed by atoms with E-state index in [4.69, 9.17) is 14.7 Å². The predicted molar refractivity (Wildman–Crippen MR) is 45.9 cm³/mol. The highest BCUT2D eigenvalue weighted by molar-refractivity contribution is 5.51. The molecule has 0 unspecified atom stereocenters. The average Bonchev–Trinajstić information content (AvgIpc) is 2.58. The van der Waals surface area contributed by atoms with Crippen molar-refractivity contribution in [2.45, 2.75) is 13.5 Å². The number of nitrogens with one attached hydrogen (secondary N) is 1. The topological polar surface area (TPSA) is 50.7 Å². The highest BCUT2D eigenvalue weighted by Crippen LogP contribution is 2.37. The van der Waals surface area contributed by atoms with Crippen LogP contribution in [0.25, 0.3) is 0 Å². The van der Waals surface area contributed by atoms with Crippen LogP contribution in [0, 0.1) is 6.92 Å². The van der Waals surface area contributed by atoms with Gasteiger partial charge in [-0.2, -0.15) is 0 Å². The molecule has 70 valence electrons. The normalized spacial score (nSPS) is 13.4. The Kier molecular flexibility index (Phi) is 2.08. The lowest BCUT2D eigenvalue weighted by molar-refractivity contribution is 0.155. The van der Waals surface area contributed by atoms with E-state index in [2.05, 4.69) is 5.48 Å². The van der Waals surface area contributed by atoms with Crippen molar-refractivity contribution in [3.63, 3.8) is 0 Å². The van der Waals surface area contributed by atoms with Crippen molar-refractivity contribution in [2.24, 2.45) is 0 Å². The van der Waals surface area contributed by atoms with Crippen LogP contribution in [0.15, 0.2) is 12.1 Å². The minimum absolute atomic E-state index is 0.261. The third-order valence-corrected chi connectivity index (χ3v) is 2.13. The van der Waals surface area contributed by atoms with Crippen LogP contribution in [0.5, 0.6) is 11.5 Å². The number of ether oxygens (including phenoxy) is 2. The fraction of sp³-hybridized carbons (Fsp3) is 0.333. The zero-order chi connectivity index (χ0) is 9.26. The molecule has 1 aliphatic heterocycles. The van der Waals surface area contributed by atoms with Gasteiger partial charge in [0.05, 0.1) is 0 Å². The van der Waals surface area contributed by atoms with Crippen LogP contribution < -0.4 is 15.0 Å². The van der Waals surface area contributed by atoms with E-state index in [1.165, 1.54) is 0 Å². The lowest BCUT2D eigenvalue weighted by Crippen LogP contribution is -2.08. The molecule has 1 aliphatic rings. The highest BCUT2D eigenvalue weighted by atomic mass is 16.7. The number of aryl methyl sites for hydroxylation is 1. The van der Waals surface area contributed by atoms with Crippen molar-refractivity contribution >= 4 is 0 Å². The summed E-state index contributed by atoms with van der Waals surface area (Å²) in [5.41, 5.74) is 4.14. The lowest BCUT2D eigenvalue weighted by Gasteiger charge is -2.07. The summed E-state index contributed by atoms with van der Waals surface area (Å²) in [6.45, 7) is 2.60. The number of fused-ring (bicyclic) bond motifs is 1. The van der Waals surface area contributed by atoms with Crippen molar-refractivity contribution in [2.75, 3.05) is 6.79 Å². The molecule has 0 saturated heterocycles. The third-order valence-electron chi connectivity index (χ3n) is 2.13. The molecule has 2 rings (SSSR count). The van der Waals surface area contributed by atoms with Crippen LogP contribution in [0.3, 0.4) is 0 Å². The van der Waals surface area contributed by atoms with Crippen molar-refractivity contribution in [1.29, 1.82) is 0 Å². The maximum absolute atomic E-state index is 8.63. The Bertz CT molecular complexity index is 325. The van der Waals surface area contributed by atoms with Gasteiger partial charge in [0.1, 0.15) is 0 Å². The molecule has 0 atom stereocenters.